The molecule has 0 heterocycles. The van der Waals surface area contributed by atoms with E-state index in [-0.39, 0.29) is 5.41 Å². The first-order chi connectivity index (χ1) is 19.0. The third-order valence-corrected chi connectivity index (χ3v) is 11.8. The van der Waals surface area contributed by atoms with E-state index in [0.29, 0.717) is 17.2 Å². The zero-order chi connectivity index (χ0) is 26.7. The highest BCUT2D eigenvalue weighted by Gasteiger charge is 2.54. The molecule has 39 heavy (non-hydrogen) atoms. The molecule has 8 aliphatic carbocycles. The molecule has 2 amide bonds. The number of rotatable bonds is 16. The molecule has 0 atom stereocenters. The molecule has 8 fully saturated rings. The number of hydrogen-bond donors (Lipinski definition) is 4. The lowest BCUT2D eigenvalue weighted by Crippen LogP contribution is -2.53. The van der Waals surface area contributed by atoms with Gasteiger partial charge < -0.3 is 21.3 Å². The van der Waals surface area contributed by atoms with E-state index in [9.17, 15) is 9.59 Å². The molecule has 8 aliphatic rings. The highest BCUT2D eigenvalue weighted by atomic mass is 16.2. The zero-order valence-corrected chi connectivity index (χ0v) is 24.5. The summed E-state index contributed by atoms with van der Waals surface area (Å²) in [6.45, 7) is 5.68. The first kappa shape index (κ1) is 28.0. The van der Waals surface area contributed by atoms with E-state index in [1.54, 1.807) is 0 Å². The Kier molecular flexibility index (Phi) is 8.89. The predicted molar refractivity (Wildman–Crippen MR) is 156 cm³/mol. The summed E-state index contributed by atoms with van der Waals surface area (Å²) < 4.78 is 0. The number of carbonyl (C=O) groups excluding carboxylic acids is 2. The fourth-order valence-corrected chi connectivity index (χ4v) is 11.1. The molecule has 220 valence electrons. The van der Waals surface area contributed by atoms with Crippen LogP contribution < -0.4 is 21.3 Å². The van der Waals surface area contributed by atoms with Gasteiger partial charge in [0, 0.05) is 24.9 Å². The molecule has 8 rings (SSSR count). The molecule has 0 spiro atoms. The van der Waals surface area contributed by atoms with E-state index < -0.39 is 0 Å². The van der Waals surface area contributed by atoms with E-state index in [2.05, 4.69) is 21.3 Å². The van der Waals surface area contributed by atoms with E-state index in [1.807, 2.05) is 0 Å². The molecule has 6 nitrogen and oxygen atoms in total. The maximum atomic E-state index is 13.0. The Morgan fingerprint density at radius 2 is 0.923 bits per heavy atom. The van der Waals surface area contributed by atoms with Gasteiger partial charge in [0.1, 0.15) is 0 Å². The van der Waals surface area contributed by atoms with Crippen molar-refractivity contribution < 1.29 is 9.59 Å². The van der Waals surface area contributed by atoms with Gasteiger partial charge in [-0.3, -0.25) is 9.59 Å². The Bertz CT molecular complexity index is 786. The number of unbranched alkanes of at least 4 members (excludes halogenated alkanes) is 1. The quantitative estimate of drug-likeness (QED) is 0.212. The van der Waals surface area contributed by atoms with Crippen LogP contribution in [0.2, 0.25) is 0 Å². The molecule has 4 N–H and O–H groups in total. The minimum atomic E-state index is -0.00512. The molecule has 0 aromatic rings. The van der Waals surface area contributed by atoms with E-state index >= 15 is 0 Å². The van der Waals surface area contributed by atoms with Crippen LogP contribution in [-0.2, 0) is 9.59 Å². The van der Waals surface area contributed by atoms with Gasteiger partial charge in [0.15, 0.2) is 0 Å². The largest absolute Gasteiger partial charge is 0.356 e. The predicted octanol–water partition coefficient (Wildman–Crippen LogP) is 4.78. The van der Waals surface area contributed by atoms with Gasteiger partial charge in [-0.05, 0) is 170 Å². The standard InChI is InChI=1S/C33H56N4O2/c38-30(23-32-17-24-11-25(18-32)13-26(12-24)19-32)36-9-3-7-34-5-1-2-6-35-8-4-10-37-31(39)33-20-27-14-28(21-33)16-29(15-27)22-33/h24-29,34-35H,1-23H2,(H,36,38)(H,37,39). The van der Waals surface area contributed by atoms with Gasteiger partial charge in [0.2, 0.25) is 11.8 Å². The normalized spacial score (nSPS) is 39.3. The molecule has 0 aromatic carbocycles. The third-order valence-electron chi connectivity index (χ3n) is 11.8. The number of amides is 2. The van der Waals surface area contributed by atoms with Crippen molar-refractivity contribution in [2.24, 2.45) is 46.3 Å². The van der Waals surface area contributed by atoms with Crippen molar-refractivity contribution >= 4 is 11.8 Å². The summed E-state index contributed by atoms with van der Waals surface area (Å²) in [5.41, 5.74) is 0.349. The summed E-state index contributed by atoms with van der Waals surface area (Å²) in [7, 11) is 0. The van der Waals surface area contributed by atoms with Crippen LogP contribution in [0.25, 0.3) is 0 Å². The van der Waals surface area contributed by atoms with Crippen molar-refractivity contribution in [1.82, 2.24) is 21.3 Å². The van der Waals surface area contributed by atoms with E-state index in [0.717, 1.165) is 113 Å². The Labute approximate surface area is 237 Å². The van der Waals surface area contributed by atoms with Crippen molar-refractivity contribution in [3.05, 3.63) is 0 Å². The SMILES string of the molecule is O=C(CC12CC3CC(CC(C3)C1)C2)NCCCNCCCCNCCCNC(=O)C12CC3CC(CC(C3)C1)C2. The Morgan fingerprint density at radius 1 is 0.513 bits per heavy atom. The molecule has 0 unspecified atom stereocenters. The van der Waals surface area contributed by atoms with Crippen LogP contribution in [-0.4, -0.2) is 51.1 Å². The van der Waals surface area contributed by atoms with Crippen LogP contribution in [0.15, 0.2) is 0 Å². The van der Waals surface area contributed by atoms with Crippen LogP contribution in [0.4, 0.5) is 0 Å². The molecule has 6 heteroatoms. The number of nitrogens with one attached hydrogen (secondary N) is 4. The smallest absolute Gasteiger partial charge is 0.226 e. The lowest BCUT2D eigenvalue weighted by molar-refractivity contribution is -0.146. The zero-order valence-electron chi connectivity index (χ0n) is 24.5. The second-order valence-corrected chi connectivity index (χ2v) is 15.3. The van der Waals surface area contributed by atoms with Crippen molar-refractivity contribution in [2.45, 2.75) is 109 Å². The summed E-state index contributed by atoms with van der Waals surface area (Å²) in [4.78, 5) is 25.6. The maximum Gasteiger partial charge on any atom is 0.226 e. The van der Waals surface area contributed by atoms with Gasteiger partial charge in [-0.1, -0.05) is 0 Å². The summed E-state index contributed by atoms with van der Waals surface area (Å²) in [5.74, 6) is 5.94. The average Bonchev–Trinajstić information content (AvgIpc) is 2.87. The molecule has 0 saturated heterocycles. The molecular formula is C33H56N4O2. The molecule has 8 saturated carbocycles. The highest BCUT2D eigenvalue weighted by molar-refractivity contribution is 5.83. The van der Waals surface area contributed by atoms with Crippen LogP contribution >= 0.6 is 0 Å². The van der Waals surface area contributed by atoms with Crippen molar-refractivity contribution in [3.8, 4) is 0 Å². The van der Waals surface area contributed by atoms with Crippen LogP contribution in [0.1, 0.15) is 109 Å². The van der Waals surface area contributed by atoms with Gasteiger partial charge >= 0.3 is 0 Å². The minimum absolute atomic E-state index is 0.00512. The summed E-state index contributed by atoms with van der Waals surface area (Å²) in [5, 5.41) is 13.6. The first-order valence-electron chi connectivity index (χ1n) is 17.0. The lowest BCUT2D eigenvalue weighted by atomic mass is 9.49. The Morgan fingerprint density at radius 3 is 1.41 bits per heavy atom. The van der Waals surface area contributed by atoms with E-state index in [4.69, 9.17) is 0 Å². The Balaban J connectivity index is 0.722. The van der Waals surface area contributed by atoms with Crippen molar-refractivity contribution in [1.29, 1.82) is 0 Å². The topological polar surface area (TPSA) is 82.3 Å². The van der Waals surface area contributed by atoms with Crippen molar-refractivity contribution in [2.75, 3.05) is 39.3 Å². The number of hydrogen-bond acceptors (Lipinski definition) is 4. The first-order valence-corrected chi connectivity index (χ1v) is 17.0. The number of carbonyl (C=O) groups is 2. The highest BCUT2D eigenvalue weighted by Crippen LogP contribution is 2.61. The monoisotopic (exact) mass is 540 g/mol. The summed E-state index contributed by atoms with van der Waals surface area (Å²) in [6.07, 6.45) is 21.1. The second-order valence-electron chi connectivity index (χ2n) is 15.3. The average molecular weight is 541 g/mol. The van der Waals surface area contributed by atoms with Gasteiger partial charge in [-0.25, -0.2) is 0 Å². The van der Waals surface area contributed by atoms with Crippen LogP contribution in [0.3, 0.4) is 0 Å². The van der Waals surface area contributed by atoms with Crippen LogP contribution in [0, 0.1) is 46.3 Å². The van der Waals surface area contributed by atoms with Gasteiger partial charge in [-0.2, -0.15) is 0 Å². The molecular weight excluding hydrogens is 484 g/mol. The van der Waals surface area contributed by atoms with Crippen LogP contribution in [0.5, 0.6) is 0 Å². The molecule has 0 aliphatic heterocycles. The molecule has 0 aromatic heterocycles. The summed E-state index contributed by atoms with van der Waals surface area (Å²) in [6, 6.07) is 0. The van der Waals surface area contributed by atoms with E-state index in [1.165, 1.54) is 70.6 Å². The Hall–Kier alpha value is -1.14. The summed E-state index contributed by atoms with van der Waals surface area (Å²) >= 11 is 0. The molecule has 8 bridgehead atoms. The fourth-order valence-electron chi connectivity index (χ4n) is 11.1. The maximum absolute atomic E-state index is 13.0. The molecule has 0 radical (unpaired) electrons. The minimum Gasteiger partial charge on any atom is -0.356 e. The third kappa shape index (κ3) is 6.85. The van der Waals surface area contributed by atoms with Gasteiger partial charge in [0.25, 0.3) is 0 Å². The van der Waals surface area contributed by atoms with Crippen molar-refractivity contribution in [3.63, 3.8) is 0 Å². The second kappa shape index (κ2) is 12.4. The van der Waals surface area contributed by atoms with Gasteiger partial charge in [-0.15, -0.1) is 0 Å². The fraction of sp³-hybridized carbons (Fsp3) is 0.939. The van der Waals surface area contributed by atoms with Gasteiger partial charge in [0.05, 0.1) is 0 Å². The lowest BCUT2D eigenvalue weighted by Gasteiger charge is -2.56.